The number of ether oxygens (including phenoxy) is 1. The van der Waals surface area contributed by atoms with Crippen molar-refractivity contribution in [3.8, 4) is 5.75 Å². The zero-order chi connectivity index (χ0) is 16.8. The van der Waals surface area contributed by atoms with Crippen LogP contribution >= 0.6 is 0 Å². The molecular weight excluding hydrogens is 300 g/mol. The van der Waals surface area contributed by atoms with E-state index < -0.39 is 0 Å². The summed E-state index contributed by atoms with van der Waals surface area (Å²) in [6.45, 7) is 4.98. The maximum Gasteiger partial charge on any atom is 0.223 e. The van der Waals surface area contributed by atoms with Crippen molar-refractivity contribution in [2.45, 2.75) is 20.1 Å². The van der Waals surface area contributed by atoms with E-state index in [1.54, 1.807) is 0 Å². The molecule has 0 aliphatic carbocycles. The Labute approximate surface area is 143 Å². The molecule has 1 saturated heterocycles. The quantitative estimate of drug-likeness (QED) is 0.823. The highest BCUT2D eigenvalue weighted by atomic mass is 16.5. The van der Waals surface area contributed by atoms with Gasteiger partial charge in [0.15, 0.2) is 0 Å². The third-order valence-corrected chi connectivity index (χ3v) is 4.54. The van der Waals surface area contributed by atoms with Gasteiger partial charge in [0.05, 0.1) is 0 Å². The summed E-state index contributed by atoms with van der Waals surface area (Å²) in [6, 6.07) is 17.9. The number of hydrogen-bond donors (Lipinski definition) is 2. The van der Waals surface area contributed by atoms with E-state index in [1.165, 1.54) is 0 Å². The van der Waals surface area contributed by atoms with Crippen molar-refractivity contribution >= 4 is 5.91 Å². The number of hydrogen-bond acceptors (Lipinski definition) is 3. The van der Waals surface area contributed by atoms with Crippen LogP contribution in [0.3, 0.4) is 0 Å². The molecule has 126 valence electrons. The van der Waals surface area contributed by atoms with Crippen LogP contribution in [0.4, 0.5) is 0 Å². The first-order valence-electron chi connectivity index (χ1n) is 8.46. The average Bonchev–Trinajstić information content (AvgIpc) is 2.57. The fourth-order valence-corrected chi connectivity index (χ4v) is 2.74. The third-order valence-electron chi connectivity index (χ3n) is 4.54. The van der Waals surface area contributed by atoms with E-state index in [0.29, 0.717) is 19.1 Å². The number of para-hydroxylation sites is 1. The number of nitrogens with one attached hydrogen (secondary N) is 2. The van der Waals surface area contributed by atoms with E-state index in [9.17, 15) is 4.79 Å². The van der Waals surface area contributed by atoms with Crippen LogP contribution in [-0.2, 0) is 17.9 Å². The molecule has 2 aromatic carbocycles. The van der Waals surface area contributed by atoms with Gasteiger partial charge in [-0.1, -0.05) is 49.4 Å². The Morgan fingerprint density at radius 1 is 1.17 bits per heavy atom. The van der Waals surface area contributed by atoms with E-state index >= 15 is 0 Å². The van der Waals surface area contributed by atoms with Crippen molar-refractivity contribution in [2.75, 3.05) is 13.1 Å². The monoisotopic (exact) mass is 324 g/mol. The summed E-state index contributed by atoms with van der Waals surface area (Å²) < 4.78 is 5.77. The summed E-state index contributed by atoms with van der Waals surface area (Å²) in [4.78, 5) is 12.2. The van der Waals surface area contributed by atoms with Crippen LogP contribution in [0.1, 0.15) is 18.1 Å². The summed E-state index contributed by atoms with van der Waals surface area (Å²) in [7, 11) is 0. The summed E-state index contributed by atoms with van der Waals surface area (Å²) in [5.74, 6) is 1.53. The fourth-order valence-electron chi connectivity index (χ4n) is 2.74. The summed E-state index contributed by atoms with van der Waals surface area (Å²) >= 11 is 0. The maximum atomic E-state index is 12.2. The Kier molecular flexibility index (Phi) is 5.49. The number of amides is 1. The van der Waals surface area contributed by atoms with Gasteiger partial charge in [-0.15, -0.1) is 0 Å². The molecule has 0 radical (unpaired) electrons. The molecule has 1 atom stereocenters. The molecule has 2 aromatic rings. The molecule has 0 spiro atoms. The lowest BCUT2D eigenvalue weighted by Gasteiger charge is -2.31. The van der Waals surface area contributed by atoms with E-state index in [0.717, 1.165) is 30.0 Å². The Balaban J connectivity index is 1.50. The Morgan fingerprint density at radius 3 is 2.62 bits per heavy atom. The molecule has 1 unspecified atom stereocenters. The Hall–Kier alpha value is -2.33. The van der Waals surface area contributed by atoms with Crippen LogP contribution < -0.4 is 15.4 Å². The average molecular weight is 324 g/mol. The molecule has 4 nitrogen and oxygen atoms in total. The first-order valence-corrected chi connectivity index (χ1v) is 8.46. The summed E-state index contributed by atoms with van der Waals surface area (Å²) in [6.07, 6.45) is 0. The normalized spacial score (nSPS) is 15.4. The van der Waals surface area contributed by atoms with Crippen molar-refractivity contribution < 1.29 is 9.53 Å². The predicted octanol–water partition coefficient (Wildman–Crippen LogP) is 2.74. The molecule has 2 N–H and O–H groups in total. The van der Waals surface area contributed by atoms with Gasteiger partial charge in [-0.05, 0) is 42.3 Å². The SMILES string of the molecule is CC(C(=O)NCc1cccc(COc2ccccc2)c1)C1CNC1. The molecule has 1 fully saturated rings. The highest BCUT2D eigenvalue weighted by molar-refractivity contribution is 5.78. The predicted molar refractivity (Wildman–Crippen MR) is 94.6 cm³/mol. The second-order valence-corrected chi connectivity index (χ2v) is 6.35. The number of rotatable bonds is 7. The molecule has 0 saturated carbocycles. The molecule has 3 rings (SSSR count). The zero-order valence-corrected chi connectivity index (χ0v) is 14.0. The van der Waals surface area contributed by atoms with Crippen molar-refractivity contribution in [1.82, 2.24) is 10.6 Å². The minimum atomic E-state index is 0.0656. The van der Waals surface area contributed by atoms with Crippen LogP contribution in [0.25, 0.3) is 0 Å². The number of carbonyl (C=O) groups is 1. The highest BCUT2D eigenvalue weighted by Crippen LogP contribution is 2.16. The Morgan fingerprint density at radius 2 is 1.92 bits per heavy atom. The summed E-state index contributed by atoms with van der Waals surface area (Å²) in [5, 5.41) is 6.25. The molecule has 0 aromatic heterocycles. The molecule has 1 aliphatic rings. The van der Waals surface area contributed by atoms with Crippen molar-refractivity contribution in [1.29, 1.82) is 0 Å². The molecular formula is C20H24N2O2. The maximum absolute atomic E-state index is 12.2. The summed E-state index contributed by atoms with van der Waals surface area (Å²) in [5.41, 5.74) is 2.19. The second kappa shape index (κ2) is 7.97. The molecule has 0 bridgehead atoms. The van der Waals surface area contributed by atoms with Gasteiger partial charge in [0.2, 0.25) is 5.91 Å². The molecule has 1 amide bonds. The highest BCUT2D eigenvalue weighted by Gasteiger charge is 2.28. The smallest absolute Gasteiger partial charge is 0.223 e. The standard InChI is InChI=1S/C20H24N2O2/c1-15(18-12-21-13-18)20(23)22-11-16-6-5-7-17(10-16)14-24-19-8-3-2-4-9-19/h2-10,15,18,21H,11-14H2,1H3,(H,22,23). The largest absolute Gasteiger partial charge is 0.489 e. The van der Waals surface area contributed by atoms with E-state index in [2.05, 4.69) is 16.7 Å². The van der Waals surface area contributed by atoms with Gasteiger partial charge < -0.3 is 15.4 Å². The molecule has 1 aliphatic heterocycles. The Bertz CT molecular complexity index is 668. The second-order valence-electron chi connectivity index (χ2n) is 6.35. The van der Waals surface area contributed by atoms with Crippen LogP contribution in [0, 0.1) is 11.8 Å². The van der Waals surface area contributed by atoms with E-state index in [1.807, 2.05) is 55.5 Å². The zero-order valence-electron chi connectivity index (χ0n) is 14.0. The first-order chi connectivity index (χ1) is 11.7. The molecule has 1 heterocycles. The molecule has 4 heteroatoms. The minimum absolute atomic E-state index is 0.0656. The molecule has 24 heavy (non-hydrogen) atoms. The number of carbonyl (C=O) groups excluding carboxylic acids is 1. The van der Waals surface area contributed by atoms with Gasteiger partial charge >= 0.3 is 0 Å². The van der Waals surface area contributed by atoms with Gasteiger partial charge in [0.1, 0.15) is 12.4 Å². The van der Waals surface area contributed by atoms with Gasteiger partial charge in [-0.25, -0.2) is 0 Å². The first kappa shape index (κ1) is 16.5. The van der Waals surface area contributed by atoms with Crippen molar-refractivity contribution in [2.24, 2.45) is 11.8 Å². The van der Waals surface area contributed by atoms with E-state index in [4.69, 9.17) is 4.74 Å². The lowest BCUT2D eigenvalue weighted by molar-refractivity contribution is -0.126. The van der Waals surface area contributed by atoms with Gasteiger partial charge in [0.25, 0.3) is 0 Å². The minimum Gasteiger partial charge on any atom is -0.489 e. The van der Waals surface area contributed by atoms with Gasteiger partial charge in [-0.3, -0.25) is 4.79 Å². The number of benzene rings is 2. The van der Waals surface area contributed by atoms with Crippen LogP contribution in [-0.4, -0.2) is 19.0 Å². The van der Waals surface area contributed by atoms with Crippen LogP contribution in [0.15, 0.2) is 54.6 Å². The van der Waals surface area contributed by atoms with Gasteiger partial charge in [-0.2, -0.15) is 0 Å². The van der Waals surface area contributed by atoms with E-state index in [-0.39, 0.29) is 11.8 Å². The van der Waals surface area contributed by atoms with Gasteiger partial charge in [0, 0.05) is 12.5 Å². The lowest BCUT2D eigenvalue weighted by atomic mass is 9.88. The third kappa shape index (κ3) is 4.36. The fraction of sp³-hybridized carbons (Fsp3) is 0.350. The van der Waals surface area contributed by atoms with Crippen molar-refractivity contribution in [3.05, 3.63) is 65.7 Å². The lowest BCUT2D eigenvalue weighted by Crippen LogP contribution is -2.49. The van der Waals surface area contributed by atoms with Crippen LogP contribution in [0.5, 0.6) is 5.75 Å². The van der Waals surface area contributed by atoms with Crippen LogP contribution in [0.2, 0.25) is 0 Å². The van der Waals surface area contributed by atoms with Crippen molar-refractivity contribution in [3.63, 3.8) is 0 Å². The topological polar surface area (TPSA) is 50.4 Å².